The lowest BCUT2D eigenvalue weighted by molar-refractivity contribution is -0.138. The summed E-state index contributed by atoms with van der Waals surface area (Å²) in [6.45, 7) is 1.74. The van der Waals surface area contributed by atoms with Gasteiger partial charge in [-0.15, -0.1) is 0 Å². The maximum atomic E-state index is 15.4. The molecule has 4 amide bonds. The normalized spacial score (nSPS) is 25.9. The van der Waals surface area contributed by atoms with Gasteiger partial charge in [-0.25, -0.2) is 4.79 Å². The van der Waals surface area contributed by atoms with Crippen LogP contribution in [0.3, 0.4) is 0 Å². The smallest absolute Gasteiger partial charge is 0.335 e. The Morgan fingerprint density at radius 2 is 1.67 bits per heavy atom. The van der Waals surface area contributed by atoms with Gasteiger partial charge < -0.3 is 14.9 Å². The van der Waals surface area contributed by atoms with Crippen molar-refractivity contribution >= 4 is 64.2 Å². The van der Waals surface area contributed by atoms with Crippen molar-refractivity contribution in [2.75, 3.05) is 17.4 Å². The van der Waals surface area contributed by atoms with Gasteiger partial charge in [0.05, 0.1) is 52.2 Å². The van der Waals surface area contributed by atoms with E-state index in [1.165, 1.54) is 37.4 Å². The van der Waals surface area contributed by atoms with E-state index in [1.54, 1.807) is 61.5 Å². The van der Waals surface area contributed by atoms with E-state index < -0.39 is 64.6 Å². The predicted molar refractivity (Wildman–Crippen MR) is 199 cm³/mol. The molecule has 0 bridgehead atoms. The van der Waals surface area contributed by atoms with Crippen molar-refractivity contribution < 1.29 is 38.9 Å². The number of phenolic OH excluding ortho intramolecular Hbond substituents is 1. The van der Waals surface area contributed by atoms with Gasteiger partial charge in [0.2, 0.25) is 11.8 Å². The van der Waals surface area contributed by atoms with Crippen LogP contribution in [-0.2, 0) is 24.6 Å². The Balaban J connectivity index is 1.32. The molecular formula is C41H33Cl2N3O8. The summed E-state index contributed by atoms with van der Waals surface area (Å²) in [5, 5.41) is 21.8. The number of methoxy groups -OCH3 is 1. The van der Waals surface area contributed by atoms with Crippen LogP contribution in [0, 0.1) is 30.6 Å². The zero-order valence-electron chi connectivity index (χ0n) is 29.0. The number of aromatic hydroxyl groups is 1. The summed E-state index contributed by atoms with van der Waals surface area (Å²) in [6, 6.07) is 22.4. The quantitative estimate of drug-likeness (QED) is 0.135. The van der Waals surface area contributed by atoms with Crippen molar-refractivity contribution in [3.8, 4) is 11.5 Å². The molecule has 1 saturated carbocycles. The second-order valence-corrected chi connectivity index (χ2v) is 15.0. The zero-order valence-corrected chi connectivity index (χ0v) is 30.5. The Bertz CT molecular complexity index is 2330. The average Bonchev–Trinajstić information content (AvgIpc) is 3.54. The van der Waals surface area contributed by atoms with E-state index in [4.69, 9.17) is 27.9 Å². The second kappa shape index (κ2) is 13.0. The van der Waals surface area contributed by atoms with Crippen molar-refractivity contribution in [2.24, 2.45) is 23.7 Å². The highest BCUT2D eigenvalue weighted by atomic mass is 35.5. The number of allylic oxidation sites excluding steroid dienone is 2. The average molecular weight is 767 g/mol. The van der Waals surface area contributed by atoms with Gasteiger partial charge in [0.25, 0.3) is 11.8 Å². The first-order valence-electron chi connectivity index (χ1n) is 17.3. The van der Waals surface area contributed by atoms with Crippen LogP contribution in [0.4, 0.5) is 11.4 Å². The molecule has 0 radical (unpaired) electrons. The number of carbonyl (C=O) groups excluding carboxylic acids is 4. The number of hydrazine groups is 1. The second-order valence-electron chi connectivity index (χ2n) is 14.1. The van der Waals surface area contributed by atoms with Crippen LogP contribution in [-0.4, -0.2) is 51.9 Å². The summed E-state index contributed by atoms with van der Waals surface area (Å²) < 4.78 is 5.45. The Labute approximate surface area is 319 Å². The third-order valence-corrected chi connectivity index (χ3v) is 12.0. The molecule has 274 valence electrons. The Morgan fingerprint density at radius 1 is 0.907 bits per heavy atom. The lowest BCUT2D eigenvalue weighted by Gasteiger charge is -2.50. The van der Waals surface area contributed by atoms with Crippen molar-refractivity contribution in [1.29, 1.82) is 0 Å². The van der Waals surface area contributed by atoms with Crippen LogP contribution in [0.5, 0.6) is 11.5 Å². The first-order valence-corrected chi connectivity index (χ1v) is 18.1. The Hall–Kier alpha value is -5.65. The highest BCUT2D eigenvalue weighted by molar-refractivity contribution is 6.36. The molecule has 4 aliphatic rings. The number of phenols is 1. The van der Waals surface area contributed by atoms with E-state index in [2.05, 4.69) is 5.43 Å². The molecule has 13 heteroatoms. The van der Waals surface area contributed by atoms with E-state index >= 15 is 4.79 Å². The number of benzene rings is 4. The van der Waals surface area contributed by atoms with Crippen LogP contribution in [0.15, 0.2) is 96.6 Å². The third kappa shape index (κ3) is 5.20. The van der Waals surface area contributed by atoms with Gasteiger partial charge in [0, 0.05) is 10.9 Å². The molecule has 3 fully saturated rings. The van der Waals surface area contributed by atoms with E-state index in [1.807, 2.05) is 6.08 Å². The summed E-state index contributed by atoms with van der Waals surface area (Å²) in [4.78, 5) is 71.8. The number of fused-ring (bicyclic) bond motifs is 4. The molecule has 4 aromatic rings. The molecule has 0 aromatic heterocycles. The number of ether oxygens (including phenoxy) is 1. The van der Waals surface area contributed by atoms with Crippen molar-refractivity contribution in [3.63, 3.8) is 0 Å². The number of halogens is 2. The van der Waals surface area contributed by atoms with Gasteiger partial charge in [-0.3, -0.25) is 29.5 Å². The molecule has 8 rings (SSSR count). The molecule has 0 spiro atoms. The minimum Gasteiger partial charge on any atom is -0.508 e. The van der Waals surface area contributed by atoms with Crippen molar-refractivity contribution in [1.82, 2.24) is 5.01 Å². The summed E-state index contributed by atoms with van der Waals surface area (Å²) >= 11 is 12.7. The summed E-state index contributed by atoms with van der Waals surface area (Å²) in [7, 11) is 1.53. The van der Waals surface area contributed by atoms with E-state index in [-0.39, 0.29) is 40.6 Å². The topological polar surface area (TPSA) is 154 Å². The minimum atomic E-state index is -1.56. The molecule has 6 atom stereocenters. The fourth-order valence-corrected chi connectivity index (χ4v) is 9.56. The fourth-order valence-electron chi connectivity index (χ4n) is 9.11. The number of aromatic carboxylic acids is 1. The number of hydrogen-bond acceptors (Lipinski definition) is 8. The molecule has 11 nitrogen and oxygen atoms in total. The first-order chi connectivity index (χ1) is 25.9. The van der Waals surface area contributed by atoms with Crippen molar-refractivity contribution in [2.45, 2.75) is 31.1 Å². The molecule has 3 N–H and O–H groups in total. The third-order valence-electron chi connectivity index (χ3n) is 11.5. The van der Waals surface area contributed by atoms with Crippen LogP contribution in [0.1, 0.15) is 45.8 Å². The number of carboxylic acids is 1. The number of rotatable bonds is 7. The molecule has 2 heterocycles. The molecular weight excluding hydrogens is 733 g/mol. The number of amides is 4. The van der Waals surface area contributed by atoms with Gasteiger partial charge >= 0.3 is 5.97 Å². The lowest BCUT2D eigenvalue weighted by atomic mass is 9.49. The largest absolute Gasteiger partial charge is 0.508 e. The number of anilines is 2. The maximum absolute atomic E-state index is 15.4. The standard InChI is InChI=1S/C41H33Cl2N3O8/c1-20-16-21(6-15-33(20)47)35-27-12-13-28-34(38(50)45(36(28)48)25-5-3-4-22(17-25)39(51)52)29(27)19-30-37(49)46(44-32-14-9-24(42)18-31(32)43)40(53)41(30,35)23-7-10-26(54-2)11-8-23/h3-12,14-18,28-30,34-35,44,47H,13,19H2,1-2H3,(H,51,52). The van der Waals surface area contributed by atoms with Gasteiger partial charge in [-0.05, 0) is 97.0 Å². The van der Waals surface area contributed by atoms with Gasteiger partial charge in [0.15, 0.2) is 0 Å². The summed E-state index contributed by atoms with van der Waals surface area (Å²) in [5.74, 6) is -6.85. The summed E-state index contributed by atoms with van der Waals surface area (Å²) in [5.41, 5.74) is 4.20. The van der Waals surface area contributed by atoms with Crippen LogP contribution in [0.25, 0.3) is 0 Å². The number of hydrogen-bond donors (Lipinski definition) is 3. The van der Waals surface area contributed by atoms with Crippen LogP contribution in [0.2, 0.25) is 10.0 Å². The SMILES string of the molecule is COc1ccc(C23C(=O)N(Nc4ccc(Cl)cc4Cl)C(=O)C2CC2C(=CCC4C(=O)N(c5cccc(C(=O)O)c5)C(=O)C42)C3c2ccc(O)c(C)c2)cc1. The molecule has 2 aliphatic heterocycles. The number of carbonyl (C=O) groups is 5. The molecule has 2 aliphatic carbocycles. The predicted octanol–water partition coefficient (Wildman–Crippen LogP) is 6.90. The Kier molecular flexibility index (Phi) is 8.54. The van der Waals surface area contributed by atoms with Crippen LogP contribution >= 0.6 is 23.2 Å². The molecule has 2 saturated heterocycles. The minimum absolute atomic E-state index is 0.0455. The first kappa shape index (κ1) is 35.4. The Morgan fingerprint density at radius 3 is 2.35 bits per heavy atom. The highest BCUT2D eigenvalue weighted by Crippen LogP contribution is 2.64. The number of nitrogens with zero attached hydrogens (tertiary/aromatic N) is 2. The van der Waals surface area contributed by atoms with Gasteiger partial charge in [-0.2, -0.15) is 5.01 Å². The number of aryl methyl sites for hydroxylation is 1. The molecule has 54 heavy (non-hydrogen) atoms. The van der Waals surface area contributed by atoms with Gasteiger partial charge in [0.1, 0.15) is 11.5 Å². The van der Waals surface area contributed by atoms with E-state index in [0.717, 1.165) is 15.5 Å². The number of carboxylic acid groups (broad SMARTS) is 1. The van der Waals surface area contributed by atoms with E-state index in [9.17, 15) is 29.4 Å². The maximum Gasteiger partial charge on any atom is 0.335 e. The molecule has 6 unspecified atom stereocenters. The fraction of sp³-hybridized carbons (Fsp3) is 0.244. The summed E-state index contributed by atoms with van der Waals surface area (Å²) in [6.07, 6.45) is 2.15. The number of nitrogens with one attached hydrogen (secondary N) is 1. The zero-order chi connectivity index (χ0) is 38.2. The van der Waals surface area contributed by atoms with E-state index in [0.29, 0.717) is 27.5 Å². The van der Waals surface area contributed by atoms with Gasteiger partial charge in [-0.1, -0.05) is 65.2 Å². The lowest BCUT2D eigenvalue weighted by Crippen LogP contribution is -2.53. The monoisotopic (exact) mass is 765 g/mol. The van der Waals surface area contributed by atoms with Crippen molar-refractivity contribution in [3.05, 3.63) is 129 Å². The number of imide groups is 2. The highest BCUT2D eigenvalue weighted by Gasteiger charge is 2.70. The molecule has 4 aromatic carbocycles. The van der Waals surface area contributed by atoms with Crippen LogP contribution < -0.4 is 15.1 Å².